The normalized spacial score (nSPS) is 14.9. The summed E-state index contributed by atoms with van der Waals surface area (Å²) in [5.41, 5.74) is 1.47. The van der Waals surface area contributed by atoms with Crippen LogP contribution in [0.25, 0.3) is 0 Å². The molecule has 0 saturated carbocycles. The minimum absolute atomic E-state index is 0.0288. The van der Waals surface area contributed by atoms with Gasteiger partial charge < -0.3 is 20.3 Å². The van der Waals surface area contributed by atoms with Gasteiger partial charge in [-0.25, -0.2) is 4.98 Å². The number of carbonyl (C=O) groups is 1. The molecule has 0 unspecified atom stereocenters. The Hall–Kier alpha value is -2.60. The van der Waals surface area contributed by atoms with E-state index in [0.29, 0.717) is 24.0 Å². The van der Waals surface area contributed by atoms with Crippen molar-refractivity contribution in [1.82, 2.24) is 15.2 Å². The quantitative estimate of drug-likeness (QED) is 0.835. The number of anilines is 2. The summed E-state index contributed by atoms with van der Waals surface area (Å²) >= 11 is 0. The fraction of sp³-hybridized carbons (Fsp3) is 0.400. The van der Waals surface area contributed by atoms with Crippen LogP contribution in [0.15, 0.2) is 42.6 Å². The molecule has 1 aromatic heterocycles. The second-order valence-corrected chi connectivity index (χ2v) is 6.34. The van der Waals surface area contributed by atoms with Crippen LogP contribution < -0.4 is 15.4 Å². The van der Waals surface area contributed by atoms with E-state index in [4.69, 9.17) is 4.74 Å². The summed E-state index contributed by atoms with van der Waals surface area (Å²) in [6, 6.07) is 11.8. The van der Waals surface area contributed by atoms with E-state index in [-0.39, 0.29) is 5.91 Å². The van der Waals surface area contributed by atoms with E-state index in [1.807, 2.05) is 49.2 Å². The fourth-order valence-electron chi connectivity index (χ4n) is 3.16. The predicted octanol–water partition coefficient (Wildman–Crippen LogP) is 3.05. The molecule has 1 aliphatic heterocycles. The van der Waals surface area contributed by atoms with Crippen LogP contribution in [0.1, 0.15) is 30.1 Å². The highest BCUT2D eigenvalue weighted by Crippen LogP contribution is 2.23. The smallest absolute Gasteiger partial charge is 0.257 e. The van der Waals surface area contributed by atoms with Crippen molar-refractivity contribution in [3.05, 3.63) is 48.2 Å². The van der Waals surface area contributed by atoms with Crippen LogP contribution in [0.3, 0.4) is 0 Å². The third-order valence-corrected chi connectivity index (χ3v) is 4.66. The minimum Gasteiger partial charge on any atom is -0.494 e. The van der Waals surface area contributed by atoms with Gasteiger partial charge in [-0.15, -0.1) is 0 Å². The van der Waals surface area contributed by atoms with E-state index in [1.54, 1.807) is 12.3 Å². The van der Waals surface area contributed by atoms with E-state index < -0.39 is 0 Å². The molecule has 6 heteroatoms. The number of carbonyl (C=O) groups excluding carboxylic acids is 1. The average Bonchev–Trinajstić information content (AvgIpc) is 2.70. The van der Waals surface area contributed by atoms with Crippen molar-refractivity contribution in [2.75, 3.05) is 32.1 Å². The number of nitrogens with one attached hydrogen (secondary N) is 2. The topological polar surface area (TPSA) is 66.5 Å². The van der Waals surface area contributed by atoms with Crippen molar-refractivity contribution >= 4 is 17.4 Å². The lowest BCUT2D eigenvalue weighted by molar-refractivity contribution is 0.0708. The van der Waals surface area contributed by atoms with E-state index in [2.05, 4.69) is 15.6 Å². The number of hydrogen-bond donors (Lipinski definition) is 2. The molecule has 0 atom stereocenters. The Morgan fingerprint density at radius 1 is 1.23 bits per heavy atom. The summed E-state index contributed by atoms with van der Waals surface area (Å²) < 4.78 is 5.46. The third-order valence-electron chi connectivity index (χ3n) is 4.66. The zero-order valence-corrected chi connectivity index (χ0v) is 15.4. The first-order valence-corrected chi connectivity index (χ1v) is 9.12. The Bertz CT molecular complexity index is 725. The maximum atomic E-state index is 13.0. The van der Waals surface area contributed by atoms with Gasteiger partial charge in [0, 0.05) is 31.0 Å². The van der Waals surface area contributed by atoms with Gasteiger partial charge in [0.2, 0.25) is 0 Å². The molecular weight excluding hydrogens is 328 g/mol. The number of ether oxygens (including phenoxy) is 1. The van der Waals surface area contributed by atoms with Crippen LogP contribution in [-0.2, 0) is 0 Å². The number of pyridine rings is 1. The monoisotopic (exact) mass is 354 g/mol. The Balaban J connectivity index is 1.72. The van der Waals surface area contributed by atoms with Crippen LogP contribution >= 0.6 is 0 Å². The molecule has 26 heavy (non-hydrogen) atoms. The molecule has 1 amide bonds. The molecule has 1 saturated heterocycles. The number of likely N-dealkylation sites (tertiary alicyclic amines) is 1. The lowest BCUT2D eigenvalue weighted by Gasteiger charge is -2.32. The molecular formula is C20H26N4O2. The molecule has 0 spiro atoms. The number of hydrogen-bond acceptors (Lipinski definition) is 5. The van der Waals surface area contributed by atoms with E-state index in [0.717, 1.165) is 37.4 Å². The van der Waals surface area contributed by atoms with Crippen molar-refractivity contribution in [1.29, 1.82) is 0 Å². The molecule has 2 heterocycles. The largest absolute Gasteiger partial charge is 0.494 e. The average molecular weight is 354 g/mol. The van der Waals surface area contributed by atoms with Crippen LogP contribution in [0.4, 0.5) is 11.5 Å². The zero-order chi connectivity index (χ0) is 18.4. The number of rotatable bonds is 6. The summed E-state index contributed by atoms with van der Waals surface area (Å²) in [7, 11) is 1.97. The first-order chi connectivity index (χ1) is 12.7. The van der Waals surface area contributed by atoms with Crippen LogP contribution in [0, 0.1) is 0 Å². The maximum absolute atomic E-state index is 13.0. The van der Waals surface area contributed by atoms with Crippen molar-refractivity contribution in [2.45, 2.75) is 25.8 Å². The van der Waals surface area contributed by atoms with Gasteiger partial charge in [0.1, 0.15) is 11.6 Å². The van der Waals surface area contributed by atoms with Gasteiger partial charge in [0.25, 0.3) is 5.91 Å². The lowest BCUT2D eigenvalue weighted by Crippen LogP contribution is -2.44. The molecule has 0 aliphatic carbocycles. The molecule has 138 valence electrons. The SMILES string of the molecule is CCOc1ccc(Nc2ncccc2C(=O)N2CCC(NC)CC2)cc1. The highest BCUT2D eigenvalue weighted by molar-refractivity contribution is 5.99. The van der Waals surface area contributed by atoms with Gasteiger partial charge in [-0.1, -0.05) is 0 Å². The minimum atomic E-state index is 0.0288. The molecule has 2 N–H and O–H groups in total. The van der Waals surface area contributed by atoms with Gasteiger partial charge in [0.15, 0.2) is 0 Å². The molecule has 0 bridgehead atoms. The molecule has 2 aromatic rings. The van der Waals surface area contributed by atoms with Crippen molar-refractivity contribution in [3.63, 3.8) is 0 Å². The molecule has 1 fully saturated rings. The van der Waals surface area contributed by atoms with Gasteiger partial charge in [0.05, 0.1) is 12.2 Å². The number of amides is 1. The highest BCUT2D eigenvalue weighted by atomic mass is 16.5. The van der Waals surface area contributed by atoms with E-state index in [9.17, 15) is 4.79 Å². The first-order valence-electron chi connectivity index (χ1n) is 9.12. The molecule has 0 radical (unpaired) electrons. The van der Waals surface area contributed by atoms with E-state index in [1.165, 1.54) is 0 Å². The van der Waals surface area contributed by atoms with Crippen LogP contribution in [0.2, 0.25) is 0 Å². The Labute approximate surface area is 154 Å². The van der Waals surface area contributed by atoms with Crippen molar-refractivity contribution < 1.29 is 9.53 Å². The Kier molecular flexibility index (Phi) is 6.07. The Morgan fingerprint density at radius 3 is 2.62 bits per heavy atom. The third kappa shape index (κ3) is 4.32. The number of aromatic nitrogens is 1. The number of nitrogens with zero attached hydrogens (tertiary/aromatic N) is 2. The molecule has 3 rings (SSSR count). The summed E-state index contributed by atoms with van der Waals surface area (Å²) in [6.07, 6.45) is 3.65. The van der Waals surface area contributed by atoms with Gasteiger partial charge >= 0.3 is 0 Å². The maximum Gasteiger partial charge on any atom is 0.257 e. The fourth-order valence-corrected chi connectivity index (χ4v) is 3.16. The Morgan fingerprint density at radius 2 is 1.96 bits per heavy atom. The summed E-state index contributed by atoms with van der Waals surface area (Å²) in [6.45, 7) is 4.12. The van der Waals surface area contributed by atoms with E-state index >= 15 is 0 Å². The number of benzene rings is 1. The second kappa shape index (κ2) is 8.67. The molecule has 1 aliphatic rings. The lowest BCUT2D eigenvalue weighted by atomic mass is 10.0. The van der Waals surface area contributed by atoms with Crippen molar-refractivity contribution in [2.24, 2.45) is 0 Å². The van der Waals surface area contributed by atoms with Gasteiger partial charge in [-0.2, -0.15) is 0 Å². The van der Waals surface area contributed by atoms with Gasteiger partial charge in [-0.3, -0.25) is 4.79 Å². The predicted molar refractivity (Wildman–Crippen MR) is 103 cm³/mol. The van der Waals surface area contributed by atoms with Crippen LogP contribution in [0.5, 0.6) is 5.75 Å². The highest BCUT2D eigenvalue weighted by Gasteiger charge is 2.24. The summed E-state index contributed by atoms with van der Waals surface area (Å²) in [5, 5.41) is 6.54. The summed E-state index contributed by atoms with van der Waals surface area (Å²) in [5.74, 6) is 1.43. The number of piperidine rings is 1. The first kappa shape index (κ1) is 18.2. The second-order valence-electron chi connectivity index (χ2n) is 6.34. The molecule has 1 aromatic carbocycles. The van der Waals surface area contributed by atoms with Crippen molar-refractivity contribution in [3.8, 4) is 5.75 Å². The standard InChI is InChI=1S/C20H26N4O2/c1-3-26-17-8-6-16(7-9-17)23-19-18(5-4-12-22-19)20(25)24-13-10-15(21-2)11-14-24/h4-9,12,15,21H,3,10-11,13-14H2,1-2H3,(H,22,23). The summed E-state index contributed by atoms with van der Waals surface area (Å²) in [4.78, 5) is 19.2. The van der Waals surface area contributed by atoms with Gasteiger partial charge in [-0.05, 0) is 63.2 Å². The zero-order valence-electron chi connectivity index (χ0n) is 15.4. The van der Waals surface area contributed by atoms with Crippen LogP contribution in [-0.4, -0.2) is 48.6 Å². The molecule has 6 nitrogen and oxygen atoms in total.